The third kappa shape index (κ3) is 2.17. The molecule has 2 heteroatoms. The molecule has 0 spiro atoms. The molecule has 1 fully saturated rings. The average molecular weight is 157 g/mol. The third-order valence-corrected chi connectivity index (χ3v) is 2.63. The quantitative estimate of drug-likeness (QED) is 0.666. The SMILES string of the molecule is CC(C)C(CCN)C1COC1. The lowest BCUT2D eigenvalue weighted by atomic mass is 9.80. The van der Waals surface area contributed by atoms with Gasteiger partial charge in [0.2, 0.25) is 0 Å². The molecule has 11 heavy (non-hydrogen) atoms. The van der Waals surface area contributed by atoms with Gasteiger partial charge in [0, 0.05) is 5.92 Å². The van der Waals surface area contributed by atoms with Gasteiger partial charge < -0.3 is 10.5 Å². The van der Waals surface area contributed by atoms with E-state index in [9.17, 15) is 0 Å². The van der Waals surface area contributed by atoms with Crippen LogP contribution in [0.1, 0.15) is 20.3 Å². The molecule has 0 bridgehead atoms. The molecule has 1 rings (SSSR count). The van der Waals surface area contributed by atoms with Gasteiger partial charge in [-0.25, -0.2) is 0 Å². The molecule has 66 valence electrons. The Labute approximate surface area is 69.1 Å². The molecule has 0 amide bonds. The molecule has 2 N–H and O–H groups in total. The van der Waals surface area contributed by atoms with E-state index in [1.165, 1.54) is 0 Å². The Kier molecular flexibility index (Phi) is 3.34. The average Bonchev–Trinajstić information content (AvgIpc) is 1.82. The summed E-state index contributed by atoms with van der Waals surface area (Å²) in [7, 11) is 0. The first-order valence-electron chi connectivity index (χ1n) is 4.53. The smallest absolute Gasteiger partial charge is 0.0519 e. The molecule has 1 saturated heterocycles. The predicted octanol–water partition coefficient (Wildman–Crippen LogP) is 1.25. The van der Waals surface area contributed by atoms with Crippen LogP contribution in [0.3, 0.4) is 0 Å². The topological polar surface area (TPSA) is 35.2 Å². The highest BCUT2D eigenvalue weighted by Crippen LogP contribution is 2.29. The Morgan fingerprint density at radius 2 is 2.09 bits per heavy atom. The Morgan fingerprint density at radius 3 is 2.36 bits per heavy atom. The maximum atomic E-state index is 5.54. The number of hydrogen-bond acceptors (Lipinski definition) is 2. The summed E-state index contributed by atoms with van der Waals surface area (Å²) in [6.07, 6.45) is 1.16. The summed E-state index contributed by atoms with van der Waals surface area (Å²) in [6.45, 7) is 7.29. The van der Waals surface area contributed by atoms with Gasteiger partial charge >= 0.3 is 0 Å². The molecular formula is C9H19NO. The minimum Gasteiger partial charge on any atom is -0.381 e. The first-order chi connectivity index (χ1) is 5.25. The molecular weight excluding hydrogens is 138 g/mol. The number of hydrogen-bond donors (Lipinski definition) is 1. The zero-order valence-corrected chi connectivity index (χ0v) is 7.55. The summed E-state index contributed by atoms with van der Waals surface area (Å²) in [4.78, 5) is 0. The fraction of sp³-hybridized carbons (Fsp3) is 1.00. The fourth-order valence-electron chi connectivity index (χ4n) is 1.81. The Morgan fingerprint density at radius 1 is 1.45 bits per heavy atom. The number of rotatable bonds is 4. The molecule has 1 heterocycles. The van der Waals surface area contributed by atoms with Crippen molar-refractivity contribution in [1.29, 1.82) is 0 Å². The van der Waals surface area contributed by atoms with Gasteiger partial charge in [-0.1, -0.05) is 13.8 Å². The van der Waals surface area contributed by atoms with E-state index in [1.807, 2.05) is 0 Å². The Bertz CT molecular complexity index is 110. The van der Waals surface area contributed by atoms with Crippen LogP contribution in [-0.2, 0) is 4.74 Å². The third-order valence-electron chi connectivity index (χ3n) is 2.63. The fourth-order valence-corrected chi connectivity index (χ4v) is 1.81. The molecule has 1 atom stereocenters. The lowest BCUT2D eigenvalue weighted by Crippen LogP contribution is -2.37. The van der Waals surface area contributed by atoms with Gasteiger partial charge in [0.1, 0.15) is 0 Å². The van der Waals surface area contributed by atoms with Crippen molar-refractivity contribution in [2.45, 2.75) is 20.3 Å². The highest BCUT2D eigenvalue weighted by atomic mass is 16.5. The number of ether oxygens (including phenoxy) is 1. The van der Waals surface area contributed by atoms with Crippen molar-refractivity contribution >= 4 is 0 Å². The summed E-state index contributed by atoms with van der Waals surface area (Å²) < 4.78 is 5.17. The van der Waals surface area contributed by atoms with Crippen LogP contribution in [0.5, 0.6) is 0 Å². The zero-order valence-electron chi connectivity index (χ0n) is 7.55. The van der Waals surface area contributed by atoms with Gasteiger partial charge in [-0.2, -0.15) is 0 Å². The first kappa shape index (κ1) is 9.01. The molecule has 0 aromatic rings. The summed E-state index contributed by atoms with van der Waals surface area (Å²) in [6, 6.07) is 0. The van der Waals surface area contributed by atoms with Crippen LogP contribution in [-0.4, -0.2) is 19.8 Å². The van der Waals surface area contributed by atoms with Crippen LogP contribution in [0.4, 0.5) is 0 Å². The second-order valence-electron chi connectivity index (χ2n) is 3.78. The van der Waals surface area contributed by atoms with Gasteiger partial charge in [-0.3, -0.25) is 0 Å². The van der Waals surface area contributed by atoms with E-state index in [4.69, 9.17) is 10.5 Å². The Balaban J connectivity index is 2.31. The van der Waals surface area contributed by atoms with Crippen LogP contribution >= 0.6 is 0 Å². The van der Waals surface area contributed by atoms with Gasteiger partial charge in [-0.15, -0.1) is 0 Å². The molecule has 2 nitrogen and oxygen atoms in total. The number of nitrogens with two attached hydrogens (primary N) is 1. The molecule has 1 aliphatic rings. The highest BCUT2D eigenvalue weighted by Gasteiger charge is 2.29. The van der Waals surface area contributed by atoms with E-state index in [-0.39, 0.29) is 0 Å². The first-order valence-corrected chi connectivity index (χ1v) is 4.53. The van der Waals surface area contributed by atoms with Crippen LogP contribution in [0.25, 0.3) is 0 Å². The molecule has 0 radical (unpaired) electrons. The highest BCUT2D eigenvalue weighted by molar-refractivity contribution is 4.77. The van der Waals surface area contributed by atoms with Crippen molar-refractivity contribution in [1.82, 2.24) is 0 Å². The van der Waals surface area contributed by atoms with E-state index < -0.39 is 0 Å². The molecule has 0 aromatic heterocycles. The second-order valence-corrected chi connectivity index (χ2v) is 3.78. The van der Waals surface area contributed by atoms with Gasteiger partial charge in [-0.05, 0) is 24.8 Å². The summed E-state index contributed by atoms with van der Waals surface area (Å²) in [5.41, 5.74) is 5.54. The minimum atomic E-state index is 0.757. The maximum absolute atomic E-state index is 5.54. The summed E-state index contributed by atoms with van der Waals surface area (Å²) in [5.74, 6) is 2.33. The van der Waals surface area contributed by atoms with Gasteiger partial charge in [0.15, 0.2) is 0 Å². The van der Waals surface area contributed by atoms with Crippen molar-refractivity contribution < 1.29 is 4.74 Å². The lowest BCUT2D eigenvalue weighted by Gasteiger charge is -2.36. The van der Waals surface area contributed by atoms with Crippen LogP contribution in [0.2, 0.25) is 0 Å². The molecule has 0 aromatic carbocycles. The van der Waals surface area contributed by atoms with Gasteiger partial charge in [0.25, 0.3) is 0 Å². The van der Waals surface area contributed by atoms with Crippen molar-refractivity contribution in [3.05, 3.63) is 0 Å². The lowest BCUT2D eigenvalue weighted by molar-refractivity contribution is -0.0714. The molecule has 0 aliphatic carbocycles. The minimum absolute atomic E-state index is 0.757. The van der Waals surface area contributed by atoms with E-state index in [0.29, 0.717) is 0 Å². The monoisotopic (exact) mass is 157 g/mol. The second kappa shape index (κ2) is 4.07. The maximum Gasteiger partial charge on any atom is 0.0519 e. The molecule has 0 saturated carbocycles. The standard InChI is InChI=1S/C9H19NO/c1-7(2)9(3-4-10)8-5-11-6-8/h7-9H,3-6,10H2,1-2H3. The predicted molar refractivity (Wildman–Crippen MR) is 46.3 cm³/mol. The van der Waals surface area contributed by atoms with E-state index in [2.05, 4.69) is 13.8 Å². The van der Waals surface area contributed by atoms with Crippen molar-refractivity contribution in [2.75, 3.05) is 19.8 Å². The Hall–Kier alpha value is -0.0800. The normalized spacial score (nSPS) is 21.8. The molecule has 1 unspecified atom stereocenters. The summed E-state index contributed by atoms with van der Waals surface area (Å²) in [5, 5.41) is 0. The van der Waals surface area contributed by atoms with Crippen LogP contribution in [0, 0.1) is 17.8 Å². The van der Waals surface area contributed by atoms with E-state index >= 15 is 0 Å². The zero-order chi connectivity index (χ0) is 8.27. The van der Waals surface area contributed by atoms with Crippen LogP contribution in [0.15, 0.2) is 0 Å². The summed E-state index contributed by atoms with van der Waals surface area (Å²) >= 11 is 0. The molecule has 1 aliphatic heterocycles. The van der Waals surface area contributed by atoms with Crippen molar-refractivity contribution in [2.24, 2.45) is 23.5 Å². The van der Waals surface area contributed by atoms with Crippen molar-refractivity contribution in [3.8, 4) is 0 Å². The largest absolute Gasteiger partial charge is 0.381 e. The van der Waals surface area contributed by atoms with Crippen LogP contribution < -0.4 is 5.73 Å². The van der Waals surface area contributed by atoms with Crippen molar-refractivity contribution in [3.63, 3.8) is 0 Å². The van der Waals surface area contributed by atoms with E-state index in [1.54, 1.807) is 0 Å². The van der Waals surface area contributed by atoms with E-state index in [0.717, 1.165) is 43.9 Å². The van der Waals surface area contributed by atoms with Gasteiger partial charge in [0.05, 0.1) is 13.2 Å².